The van der Waals surface area contributed by atoms with E-state index in [0.29, 0.717) is 11.6 Å². The van der Waals surface area contributed by atoms with Crippen molar-refractivity contribution in [1.82, 2.24) is 9.97 Å². The van der Waals surface area contributed by atoms with Crippen LogP contribution >= 0.6 is 0 Å². The summed E-state index contributed by atoms with van der Waals surface area (Å²) in [6, 6.07) is 0. The van der Waals surface area contributed by atoms with Crippen molar-refractivity contribution < 1.29 is 9.90 Å². The molecule has 2 fully saturated rings. The van der Waals surface area contributed by atoms with Gasteiger partial charge < -0.3 is 5.11 Å². The zero-order chi connectivity index (χ0) is 13.4. The molecule has 3 unspecified atom stereocenters. The van der Waals surface area contributed by atoms with Gasteiger partial charge in [-0.3, -0.25) is 0 Å². The van der Waals surface area contributed by atoms with Crippen LogP contribution in [0.4, 0.5) is 0 Å². The number of carboxylic acid groups (broad SMARTS) is 1. The quantitative estimate of drug-likeness (QED) is 0.903. The van der Waals surface area contributed by atoms with E-state index in [1.54, 1.807) is 0 Å². The van der Waals surface area contributed by atoms with Gasteiger partial charge in [0.2, 0.25) is 0 Å². The summed E-state index contributed by atoms with van der Waals surface area (Å²) < 4.78 is 0. The third-order valence-corrected chi connectivity index (χ3v) is 4.67. The standard InChI is InChI=1S/C15H20N2O2/c1-2-3-13-12(15(18)19)8-16-14(17-13)11-7-9-4-5-10(11)6-9/h8-11H,2-7H2,1H3,(H,18,19). The maximum Gasteiger partial charge on any atom is 0.339 e. The maximum absolute atomic E-state index is 11.2. The van der Waals surface area contributed by atoms with Gasteiger partial charge in [-0.05, 0) is 37.5 Å². The first-order chi connectivity index (χ1) is 9.19. The fourth-order valence-corrected chi connectivity index (χ4v) is 3.78. The number of aromatic nitrogens is 2. The van der Waals surface area contributed by atoms with E-state index < -0.39 is 5.97 Å². The van der Waals surface area contributed by atoms with Crippen molar-refractivity contribution in [2.75, 3.05) is 0 Å². The molecule has 2 bridgehead atoms. The summed E-state index contributed by atoms with van der Waals surface area (Å²) in [7, 11) is 0. The van der Waals surface area contributed by atoms with E-state index in [0.717, 1.165) is 30.5 Å². The van der Waals surface area contributed by atoms with E-state index in [-0.39, 0.29) is 5.56 Å². The molecule has 2 aliphatic rings. The zero-order valence-corrected chi connectivity index (χ0v) is 11.3. The Balaban J connectivity index is 1.90. The first kappa shape index (κ1) is 12.6. The number of rotatable bonds is 4. The molecule has 0 amide bonds. The molecule has 2 saturated carbocycles. The van der Waals surface area contributed by atoms with Gasteiger partial charge in [0.1, 0.15) is 5.82 Å². The second kappa shape index (κ2) is 4.91. The molecule has 2 aliphatic carbocycles. The highest BCUT2D eigenvalue weighted by molar-refractivity contribution is 5.88. The van der Waals surface area contributed by atoms with Gasteiger partial charge >= 0.3 is 5.97 Å². The minimum Gasteiger partial charge on any atom is -0.478 e. The van der Waals surface area contributed by atoms with E-state index in [1.165, 1.54) is 31.9 Å². The van der Waals surface area contributed by atoms with Gasteiger partial charge in [-0.25, -0.2) is 14.8 Å². The Morgan fingerprint density at radius 1 is 1.42 bits per heavy atom. The summed E-state index contributed by atoms with van der Waals surface area (Å²) in [6.45, 7) is 2.05. The average molecular weight is 260 g/mol. The van der Waals surface area contributed by atoms with Gasteiger partial charge in [-0.15, -0.1) is 0 Å². The van der Waals surface area contributed by atoms with Crippen molar-refractivity contribution in [1.29, 1.82) is 0 Å². The predicted molar refractivity (Wildman–Crippen MR) is 71.2 cm³/mol. The van der Waals surface area contributed by atoms with Crippen LogP contribution in [0.1, 0.15) is 66.8 Å². The third-order valence-electron chi connectivity index (χ3n) is 4.67. The molecular weight excluding hydrogens is 240 g/mol. The van der Waals surface area contributed by atoms with Crippen LogP contribution in [0.25, 0.3) is 0 Å². The maximum atomic E-state index is 11.2. The van der Waals surface area contributed by atoms with Crippen LogP contribution in [0.15, 0.2) is 6.20 Å². The van der Waals surface area contributed by atoms with Gasteiger partial charge in [-0.1, -0.05) is 19.8 Å². The zero-order valence-electron chi connectivity index (χ0n) is 11.3. The van der Waals surface area contributed by atoms with E-state index in [9.17, 15) is 9.90 Å². The van der Waals surface area contributed by atoms with Crippen molar-refractivity contribution in [3.63, 3.8) is 0 Å². The molecule has 102 valence electrons. The summed E-state index contributed by atoms with van der Waals surface area (Å²) in [4.78, 5) is 20.1. The van der Waals surface area contributed by atoms with E-state index in [4.69, 9.17) is 0 Å². The number of hydrogen-bond acceptors (Lipinski definition) is 3. The van der Waals surface area contributed by atoms with Crippen LogP contribution in [-0.2, 0) is 6.42 Å². The fraction of sp³-hybridized carbons (Fsp3) is 0.667. The molecule has 1 heterocycles. The van der Waals surface area contributed by atoms with Crippen molar-refractivity contribution in [3.8, 4) is 0 Å². The Bertz CT molecular complexity index is 501. The second-order valence-corrected chi connectivity index (χ2v) is 5.93. The first-order valence-corrected chi connectivity index (χ1v) is 7.28. The lowest BCUT2D eigenvalue weighted by molar-refractivity contribution is 0.0694. The minimum atomic E-state index is -0.914. The predicted octanol–water partition coefficient (Wildman–Crippen LogP) is 3.03. The van der Waals surface area contributed by atoms with Gasteiger partial charge in [0.15, 0.2) is 0 Å². The largest absolute Gasteiger partial charge is 0.478 e. The van der Waals surface area contributed by atoms with Crippen molar-refractivity contribution >= 4 is 5.97 Å². The highest BCUT2D eigenvalue weighted by Crippen LogP contribution is 2.52. The molecule has 0 saturated heterocycles. The average Bonchev–Trinajstić information content (AvgIpc) is 3.01. The van der Waals surface area contributed by atoms with Gasteiger partial charge in [0.25, 0.3) is 0 Å². The van der Waals surface area contributed by atoms with Gasteiger partial charge in [-0.2, -0.15) is 0 Å². The number of fused-ring (bicyclic) bond motifs is 2. The number of carbonyl (C=O) groups is 1. The molecular formula is C15H20N2O2. The highest BCUT2D eigenvalue weighted by Gasteiger charge is 2.41. The van der Waals surface area contributed by atoms with Crippen LogP contribution in [0.3, 0.4) is 0 Å². The first-order valence-electron chi connectivity index (χ1n) is 7.28. The van der Waals surface area contributed by atoms with E-state index >= 15 is 0 Å². The fourth-order valence-electron chi connectivity index (χ4n) is 3.78. The number of hydrogen-bond donors (Lipinski definition) is 1. The Kier molecular flexibility index (Phi) is 3.25. The van der Waals surface area contributed by atoms with Crippen molar-refractivity contribution in [2.24, 2.45) is 11.8 Å². The Labute approximate surface area is 113 Å². The number of nitrogens with zero attached hydrogens (tertiary/aromatic N) is 2. The summed E-state index contributed by atoms with van der Waals surface area (Å²) >= 11 is 0. The summed E-state index contributed by atoms with van der Waals surface area (Å²) in [6.07, 6.45) is 8.31. The van der Waals surface area contributed by atoms with Crippen LogP contribution in [0.2, 0.25) is 0 Å². The van der Waals surface area contributed by atoms with Crippen LogP contribution < -0.4 is 0 Å². The lowest BCUT2D eigenvalue weighted by atomic mass is 9.88. The summed E-state index contributed by atoms with van der Waals surface area (Å²) in [5.41, 5.74) is 0.983. The third kappa shape index (κ3) is 2.24. The lowest BCUT2D eigenvalue weighted by Gasteiger charge is -2.20. The second-order valence-electron chi connectivity index (χ2n) is 5.93. The van der Waals surface area contributed by atoms with Gasteiger partial charge in [0, 0.05) is 12.1 Å². The molecule has 1 aromatic heterocycles. The molecule has 0 aliphatic heterocycles. The lowest BCUT2D eigenvalue weighted by Crippen LogP contribution is -2.15. The molecule has 3 atom stereocenters. The molecule has 3 rings (SSSR count). The molecule has 0 spiro atoms. The molecule has 0 radical (unpaired) electrons. The van der Waals surface area contributed by atoms with E-state index in [1.807, 2.05) is 6.92 Å². The smallest absolute Gasteiger partial charge is 0.339 e. The Hall–Kier alpha value is -1.45. The molecule has 1 aromatic rings. The van der Waals surface area contributed by atoms with Crippen LogP contribution in [-0.4, -0.2) is 21.0 Å². The molecule has 1 N–H and O–H groups in total. The Morgan fingerprint density at radius 2 is 2.26 bits per heavy atom. The topological polar surface area (TPSA) is 63.1 Å². The van der Waals surface area contributed by atoms with Crippen LogP contribution in [0, 0.1) is 11.8 Å². The summed E-state index contributed by atoms with van der Waals surface area (Å²) in [5.74, 6) is 2.03. The number of aromatic carboxylic acids is 1. The number of carboxylic acids is 1. The molecule has 4 nitrogen and oxygen atoms in total. The monoisotopic (exact) mass is 260 g/mol. The molecule has 19 heavy (non-hydrogen) atoms. The van der Waals surface area contributed by atoms with Crippen LogP contribution in [0.5, 0.6) is 0 Å². The normalized spacial score (nSPS) is 28.8. The Morgan fingerprint density at radius 3 is 2.84 bits per heavy atom. The SMILES string of the molecule is CCCc1nc(C2CC3CCC2C3)ncc1C(=O)O. The molecule has 4 heteroatoms. The number of aryl methyl sites for hydroxylation is 1. The minimum absolute atomic E-state index is 0.272. The van der Waals surface area contributed by atoms with E-state index in [2.05, 4.69) is 9.97 Å². The highest BCUT2D eigenvalue weighted by atomic mass is 16.4. The van der Waals surface area contributed by atoms with Gasteiger partial charge in [0.05, 0.1) is 11.3 Å². The summed E-state index contributed by atoms with van der Waals surface area (Å²) in [5, 5.41) is 9.17. The molecule has 0 aromatic carbocycles. The van der Waals surface area contributed by atoms with Crippen molar-refractivity contribution in [3.05, 3.63) is 23.3 Å². The van der Waals surface area contributed by atoms with Crippen molar-refractivity contribution in [2.45, 2.75) is 51.4 Å².